The van der Waals surface area contributed by atoms with Gasteiger partial charge in [-0.25, -0.2) is 9.59 Å². The van der Waals surface area contributed by atoms with Crippen molar-refractivity contribution in [1.29, 1.82) is 0 Å². The number of hydrogen-bond acceptors (Lipinski definition) is 2. The van der Waals surface area contributed by atoms with Crippen LogP contribution in [0.5, 0.6) is 0 Å². The van der Waals surface area contributed by atoms with Gasteiger partial charge in [0.25, 0.3) is 0 Å². The topological polar surface area (TPSA) is 78.4 Å². The van der Waals surface area contributed by atoms with Crippen LogP contribution in [0.2, 0.25) is 0 Å². The molecule has 0 aromatic rings. The summed E-state index contributed by atoms with van der Waals surface area (Å²) < 4.78 is 0. The molecule has 18 heavy (non-hydrogen) atoms. The van der Waals surface area contributed by atoms with E-state index in [0.29, 0.717) is 19.4 Å². The van der Waals surface area contributed by atoms with E-state index in [1.165, 1.54) is 0 Å². The molecule has 0 heterocycles. The fourth-order valence-corrected chi connectivity index (χ4v) is 2.26. The van der Waals surface area contributed by atoms with E-state index in [1.807, 2.05) is 0 Å². The summed E-state index contributed by atoms with van der Waals surface area (Å²) in [7, 11) is 0. The summed E-state index contributed by atoms with van der Waals surface area (Å²) in [6.45, 7) is 4.13. The van der Waals surface area contributed by atoms with Crippen LogP contribution < -0.4 is 10.6 Å². The minimum atomic E-state index is -1.07. The maximum absolute atomic E-state index is 11.7. The Morgan fingerprint density at radius 3 is 2.50 bits per heavy atom. The lowest BCUT2D eigenvalue weighted by Crippen LogP contribution is -2.58. The number of rotatable bonds is 6. The highest BCUT2D eigenvalue weighted by Gasteiger charge is 2.40. The molecule has 0 radical (unpaired) electrons. The monoisotopic (exact) mass is 254 g/mol. The van der Waals surface area contributed by atoms with Gasteiger partial charge in [0.15, 0.2) is 0 Å². The number of carbonyl (C=O) groups is 2. The van der Waals surface area contributed by atoms with Crippen LogP contribution in [0, 0.1) is 0 Å². The van der Waals surface area contributed by atoms with Crippen molar-refractivity contribution in [1.82, 2.24) is 10.6 Å². The minimum absolute atomic E-state index is 0.386. The molecule has 0 aromatic carbocycles. The van der Waals surface area contributed by atoms with Crippen LogP contribution >= 0.6 is 0 Å². The van der Waals surface area contributed by atoms with E-state index in [0.717, 1.165) is 32.1 Å². The molecule has 0 unspecified atom stereocenters. The third-order valence-electron chi connectivity index (χ3n) is 3.34. The van der Waals surface area contributed by atoms with E-state index >= 15 is 0 Å². The lowest BCUT2D eigenvalue weighted by atomic mass is 9.82. The number of hydrogen-bond donors (Lipinski definition) is 3. The van der Waals surface area contributed by atoms with Crippen LogP contribution in [-0.2, 0) is 4.79 Å². The average molecular weight is 254 g/mol. The average Bonchev–Trinajstić information content (AvgIpc) is 2.35. The summed E-state index contributed by atoms with van der Waals surface area (Å²) in [5.41, 5.74) is -1.07. The molecule has 2 amide bonds. The smallest absolute Gasteiger partial charge is 0.329 e. The fraction of sp³-hybridized carbons (Fsp3) is 0.692. The van der Waals surface area contributed by atoms with Gasteiger partial charge in [-0.05, 0) is 25.7 Å². The van der Waals surface area contributed by atoms with Gasteiger partial charge in [0, 0.05) is 6.54 Å². The van der Waals surface area contributed by atoms with Crippen molar-refractivity contribution in [2.24, 2.45) is 0 Å². The van der Waals surface area contributed by atoms with E-state index in [4.69, 9.17) is 0 Å². The third kappa shape index (κ3) is 4.05. The number of unbranched alkanes of at least 4 members (excludes halogenated alkanes) is 1. The van der Waals surface area contributed by atoms with Gasteiger partial charge in [0.2, 0.25) is 0 Å². The molecule has 0 saturated heterocycles. The highest BCUT2D eigenvalue weighted by atomic mass is 16.4. The first-order chi connectivity index (χ1) is 8.60. The molecule has 0 bridgehead atoms. The largest absolute Gasteiger partial charge is 0.480 e. The molecule has 1 aliphatic carbocycles. The Bertz CT molecular complexity index is 309. The van der Waals surface area contributed by atoms with E-state index in [1.54, 1.807) is 6.08 Å². The number of carboxylic acid groups (broad SMARTS) is 1. The van der Waals surface area contributed by atoms with Crippen LogP contribution in [-0.4, -0.2) is 29.2 Å². The van der Waals surface area contributed by atoms with Crippen molar-refractivity contribution in [3.8, 4) is 0 Å². The molecule has 102 valence electrons. The van der Waals surface area contributed by atoms with Crippen molar-refractivity contribution in [3.63, 3.8) is 0 Å². The molecule has 3 N–H and O–H groups in total. The zero-order chi connectivity index (χ0) is 13.4. The van der Waals surface area contributed by atoms with Gasteiger partial charge < -0.3 is 15.7 Å². The third-order valence-corrected chi connectivity index (χ3v) is 3.34. The Balaban J connectivity index is 2.43. The summed E-state index contributed by atoms with van der Waals surface area (Å²) in [6, 6.07) is -0.386. The number of allylic oxidation sites excluding steroid dienone is 1. The van der Waals surface area contributed by atoms with Crippen molar-refractivity contribution >= 4 is 12.0 Å². The normalized spacial score (nSPS) is 17.8. The predicted molar refractivity (Wildman–Crippen MR) is 69.4 cm³/mol. The number of urea groups is 1. The van der Waals surface area contributed by atoms with Crippen LogP contribution in [0.15, 0.2) is 12.7 Å². The Kier molecular flexibility index (Phi) is 5.68. The first-order valence-electron chi connectivity index (χ1n) is 6.51. The van der Waals surface area contributed by atoms with Crippen molar-refractivity contribution in [2.45, 2.75) is 50.5 Å². The summed E-state index contributed by atoms with van der Waals surface area (Å²) in [5, 5.41) is 14.6. The molecule has 0 atom stereocenters. The predicted octanol–water partition coefficient (Wildman–Crippen LogP) is 2.04. The second-order valence-corrected chi connectivity index (χ2v) is 4.76. The van der Waals surface area contributed by atoms with Gasteiger partial charge in [-0.15, -0.1) is 6.58 Å². The second-order valence-electron chi connectivity index (χ2n) is 4.76. The van der Waals surface area contributed by atoms with Gasteiger partial charge in [-0.3, -0.25) is 0 Å². The Morgan fingerprint density at radius 2 is 1.94 bits per heavy atom. The maximum Gasteiger partial charge on any atom is 0.329 e. The lowest BCUT2D eigenvalue weighted by molar-refractivity contribution is -0.145. The summed E-state index contributed by atoms with van der Waals surface area (Å²) in [6.07, 6.45) is 7.22. The van der Waals surface area contributed by atoms with E-state index in [-0.39, 0.29) is 6.03 Å². The zero-order valence-electron chi connectivity index (χ0n) is 10.7. The van der Waals surface area contributed by atoms with Crippen LogP contribution in [0.3, 0.4) is 0 Å². The number of carboxylic acids is 1. The van der Waals surface area contributed by atoms with Crippen molar-refractivity contribution < 1.29 is 14.7 Å². The second kappa shape index (κ2) is 7.03. The number of aliphatic carboxylic acids is 1. The molecule has 1 fully saturated rings. The van der Waals surface area contributed by atoms with Gasteiger partial charge in [-0.2, -0.15) is 0 Å². The van der Waals surface area contributed by atoms with Crippen LogP contribution in [0.1, 0.15) is 44.9 Å². The summed E-state index contributed by atoms with van der Waals surface area (Å²) in [5.74, 6) is -0.927. The standard InChI is InChI=1S/C13H22N2O3/c1-2-3-7-10-14-12(18)15-13(11(16)17)8-5-4-6-9-13/h2H,1,3-10H2,(H,16,17)(H2,14,15,18). The van der Waals surface area contributed by atoms with E-state index in [9.17, 15) is 14.7 Å². The van der Waals surface area contributed by atoms with Crippen molar-refractivity contribution in [3.05, 3.63) is 12.7 Å². The van der Waals surface area contributed by atoms with Gasteiger partial charge in [0.1, 0.15) is 5.54 Å². The molecule has 0 aromatic heterocycles. The first kappa shape index (κ1) is 14.5. The van der Waals surface area contributed by atoms with Gasteiger partial charge >= 0.3 is 12.0 Å². The minimum Gasteiger partial charge on any atom is -0.480 e. The summed E-state index contributed by atoms with van der Waals surface area (Å²) in [4.78, 5) is 23.0. The zero-order valence-corrected chi connectivity index (χ0v) is 10.7. The molecule has 0 spiro atoms. The number of nitrogens with one attached hydrogen (secondary N) is 2. The molecule has 1 saturated carbocycles. The van der Waals surface area contributed by atoms with Crippen LogP contribution in [0.4, 0.5) is 4.79 Å². The van der Waals surface area contributed by atoms with Gasteiger partial charge in [0.05, 0.1) is 0 Å². The Hall–Kier alpha value is -1.52. The quantitative estimate of drug-likeness (QED) is 0.501. The highest BCUT2D eigenvalue weighted by molar-refractivity contribution is 5.86. The molecule has 1 rings (SSSR count). The molecular weight excluding hydrogens is 232 g/mol. The SMILES string of the molecule is C=CCCCNC(=O)NC1(C(=O)O)CCCCC1. The van der Waals surface area contributed by atoms with Crippen LogP contribution in [0.25, 0.3) is 0 Å². The lowest BCUT2D eigenvalue weighted by Gasteiger charge is -2.33. The Morgan fingerprint density at radius 1 is 1.28 bits per heavy atom. The summed E-state index contributed by atoms with van der Waals surface area (Å²) >= 11 is 0. The van der Waals surface area contributed by atoms with E-state index < -0.39 is 11.5 Å². The number of amides is 2. The molecule has 5 heteroatoms. The molecule has 1 aliphatic rings. The van der Waals surface area contributed by atoms with Gasteiger partial charge in [-0.1, -0.05) is 25.3 Å². The number of carbonyl (C=O) groups excluding carboxylic acids is 1. The molecular formula is C13H22N2O3. The fourth-order valence-electron chi connectivity index (χ4n) is 2.26. The highest BCUT2D eigenvalue weighted by Crippen LogP contribution is 2.28. The van der Waals surface area contributed by atoms with E-state index in [2.05, 4.69) is 17.2 Å². The van der Waals surface area contributed by atoms with Crippen molar-refractivity contribution in [2.75, 3.05) is 6.54 Å². The molecule has 0 aliphatic heterocycles. The first-order valence-corrected chi connectivity index (χ1v) is 6.51. The Labute approximate surface area is 108 Å². The molecule has 5 nitrogen and oxygen atoms in total. The maximum atomic E-state index is 11.7.